The van der Waals surface area contributed by atoms with Crippen LogP contribution in [-0.2, 0) is 21.2 Å². The van der Waals surface area contributed by atoms with Gasteiger partial charge in [0, 0.05) is 31.9 Å². The Kier molecular flexibility index (Phi) is 5.58. The minimum atomic E-state index is -3.50. The van der Waals surface area contributed by atoms with E-state index < -0.39 is 10.0 Å². The first-order valence-electron chi connectivity index (χ1n) is 7.21. The maximum absolute atomic E-state index is 12.2. The average Bonchev–Trinajstić information content (AvgIpc) is 2.48. The molecule has 1 aromatic rings. The van der Waals surface area contributed by atoms with E-state index in [2.05, 4.69) is 9.62 Å². The predicted molar refractivity (Wildman–Crippen MR) is 82.7 cm³/mol. The van der Waals surface area contributed by atoms with Crippen LogP contribution in [0.5, 0.6) is 0 Å². The zero-order chi connectivity index (χ0) is 15.3. The van der Waals surface area contributed by atoms with E-state index >= 15 is 0 Å². The van der Waals surface area contributed by atoms with Gasteiger partial charge in [-0.15, -0.1) is 0 Å². The quantitative estimate of drug-likeness (QED) is 0.745. The predicted octanol–water partition coefficient (Wildman–Crippen LogP) is 0.442. The van der Waals surface area contributed by atoms with Crippen LogP contribution in [0.4, 0.5) is 5.69 Å². The molecule has 6 nitrogen and oxygen atoms in total. The number of ether oxygens (including phenoxy) is 1. The third kappa shape index (κ3) is 4.41. The minimum absolute atomic E-state index is 0.221. The lowest BCUT2D eigenvalue weighted by atomic mass is 10.1. The normalized spacial score (nSPS) is 17.0. The number of nitrogens with two attached hydrogens (primary N) is 1. The molecule has 1 fully saturated rings. The van der Waals surface area contributed by atoms with Crippen LogP contribution in [-0.4, -0.2) is 52.7 Å². The first-order valence-corrected chi connectivity index (χ1v) is 8.69. The summed E-state index contributed by atoms with van der Waals surface area (Å²) < 4.78 is 32.3. The van der Waals surface area contributed by atoms with Gasteiger partial charge in [0.05, 0.1) is 18.1 Å². The van der Waals surface area contributed by atoms with Gasteiger partial charge in [-0.1, -0.05) is 13.0 Å². The third-order valence-electron chi connectivity index (χ3n) is 3.63. The van der Waals surface area contributed by atoms with Crippen molar-refractivity contribution in [3.63, 3.8) is 0 Å². The lowest BCUT2D eigenvalue weighted by Crippen LogP contribution is -2.41. The van der Waals surface area contributed by atoms with E-state index in [1.165, 1.54) is 6.07 Å². The largest absolute Gasteiger partial charge is 0.398 e. The molecule has 0 radical (unpaired) electrons. The van der Waals surface area contributed by atoms with Gasteiger partial charge in [-0.2, -0.15) is 0 Å². The monoisotopic (exact) mass is 313 g/mol. The van der Waals surface area contributed by atoms with Crippen LogP contribution in [0.15, 0.2) is 23.1 Å². The molecule has 0 amide bonds. The molecule has 3 N–H and O–H groups in total. The number of sulfonamides is 1. The summed E-state index contributed by atoms with van der Waals surface area (Å²) in [5, 5.41) is 0. The highest BCUT2D eigenvalue weighted by Crippen LogP contribution is 2.18. The summed E-state index contributed by atoms with van der Waals surface area (Å²) in [6.45, 7) is 6.17. The highest BCUT2D eigenvalue weighted by molar-refractivity contribution is 7.89. The molecule has 0 aliphatic carbocycles. The smallest absolute Gasteiger partial charge is 0.240 e. The van der Waals surface area contributed by atoms with Crippen molar-refractivity contribution in [2.45, 2.75) is 18.2 Å². The van der Waals surface area contributed by atoms with Crippen LogP contribution in [0, 0.1) is 0 Å². The average molecular weight is 313 g/mol. The summed E-state index contributed by atoms with van der Waals surface area (Å²) in [5.74, 6) is 0. The number of hydrogen-bond donors (Lipinski definition) is 2. The Morgan fingerprint density at radius 2 is 2.05 bits per heavy atom. The van der Waals surface area contributed by atoms with Gasteiger partial charge >= 0.3 is 0 Å². The second-order valence-corrected chi connectivity index (χ2v) is 6.83. The Bertz CT molecular complexity index is 569. The second kappa shape index (κ2) is 7.22. The molecule has 1 aliphatic heterocycles. The van der Waals surface area contributed by atoms with Crippen molar-refractivity contribution in [3.05, 3.63) is 23.8 Å². The summed E-state index contributed by atoms with van der Waals surface area (Å²) in [7, 11) is -3.50. The second-order valence-electron chi connectivity index (χ2n) is 5.07. The standard InChI is InChI=1S/C14H23N3O3S/c1-2-12-3-4-13(11-14(12)15)21(18,19)16-5-6-17-7-9-20-10-8-17/h3-4,11,16H,2,5-10,15H2,1H3. The van der Waals surface area contributed by atoms with E-state index in [0.29, 0.717) is 32.0 Å². The number of nitrogens with one attached hydrogen (secondary N) is 1. The number of nitrogen functional groups attached to an aromatic ring is 1. The lowest BCUT2D eigenvalue weighted by molar-refractivity contribution is 0.0390. The van der Waals surface area contributed by atoms with Crippen molar-refractivity contribution < 1.29 is 13.2 Å². The number of nitrogens with zero attached hydrogens (tertiary/aromatic N) is 1. The molecule has 21 heavy (non-hydrogen) atoms. The fourth-order valence-corrected chi connectivity index (χ4v) is 3.36. The van der Waals surface area contributed by atoms with Gasteiger partial charge in [0.25, 0.3) is 0 Å². The molecule has 1 aromatic carbocycles. The van der Waals surface area contributed by atoms with Crippen molar-refractivity contribution in [1.82, 2.24) is 9.62 Å². The molecular formula is C14H23N3O3S. The van der Waals surface area contributed by atoms with Crippen LogP contribution < -0.4 is 10.5 Å². The van der Waals surface area contributed by atoms with Gasteiger partial charge in [-0.05, 0) is 24.1 Å². The summed E-state index contributed by atoms with van der Waals surface area (Å²) >= 11 is 0. The molecule has 1 saturated heterocycles. The first-order chi connectivity index (χ1) is 10.0. The van der Waals surface area contributed by atoms with Crippen LogP contribution in [0.25, 0.3) is 0 Å². The lowest BCUT2D eigenvalue weighted by Gasteiger charge is -2.26. The molecule has 0 bridgehead atoms. The summed E-state index contributed by atoms with van der Waals surface area (Å²) in [5.41, 5.74) is 7.34. The first kappa shape index (κ1) is 16.2. The summed E-state index contributed by atoms with van der Waals surface area (Å²) in [6, 6.07) is 4.90. The summed E-state index contributed by atoms with van der Waals surface area (Å²) in [6.07, 6.45) is 0.788. The van der Waals surface area contributed by atoms with Crippen LogP contribution >= 0.6 is 0 Å². The van der Waals surface area contributed by atoms with Gasteiger partial charge in [0.15, 0.2) is 0 Å². The van der Waals surface area contributed by atoms with Gasteiger partial charge in [0.2, 0.25) is 10.0 Å². The zero-order valence-corrected chi connectivity index (χ0v) is 13.2. The Labute approximate surface area is 126 Å². The van der Waals surface area contributed by atoms with E-state index in [1.807, 2.05) is 6.92 Å². The summed E-state index contributed by atoms with van der Waals surface area (Å²) in [4.78, 5) is 2.40. The van der Waals surface area contributed by atoms with E-state index in [1.54, 1.807) is 12.1 Å². The van der Waals surface area contributed by atoms with Crippen molar-refractivity contribution in [2.24, 2.45) is 0 Å². The molecule has 2 rings (SSSR count). The van der Waals surface area contributed by atoms with Gasteiger partial charge < -0.3 is 10.5 Å². The number of anilines is 1. The van der Waals surface area contributed by atoms with Crippen LogP contribution in [0.1, 0.15) is 12.5 Å². The number of aryl methyl sites for hydroxylation is 1. The third-order valence-corrected chi connectivity index (χ3v) is 5.09. The zero-order valence-electron chi connectivity index (χ0n) is 12.3. The fraction of sp³-hybridized carbons (Fsp3) is 0.571. The van der Waals surface area contributed by atoms with Crippen molar-refractivity contribution in [3.8, 4) is 0 Å². The topological polar surface area (TPSA) is 84.7 Å². The number of benzene rings is 1. The Balaban J connectivity index is 1.93. The maximum Gasteiger partial charge on any atom is 0.240 e. The van der Waals surface area contributed by atoms with E-state index in [0.717, 1.165) is 25.1 Å². The van der Waals surface area contributed by atoms with E-state index in [4.69, 9.17) is 10.5 Å². The SMILES string of the molecule is CCc1ccc(S(=O)(=O)NCCN2CCOCC2)cc1N. The molecule has 0 spiro atoms. The van der Waals surface area contributed by atoms with E-state index in [-0.39, 0.29) is 4.90 Å². The molecule has 1 heterocycles. The molecule has 7 heteroatoms. The molecule has 118 valence electrons. The molecule has 0 saturated carbocycles. The Hall–Kier alpha value is -1.15. The van der Waals surface area contributed by atoms with Gasteiger partial charge in [-0.3, -0.25) is 4.90 Å². The highest BCUT2D eigenvalue weighted by atomic mass is 32.2. The molecule has 0 atom stereocenters. The maximum atomic E-state index is 12.2. The fourth-order valence-electron chi connectivity index (χ4n) is 2.31. The number of hydrogen-bond acceptors (Lipinski definition) is 5. The van der Waals surface area contributed by atoms with Crippen LogP contribution in [0.2, 0.25) is 0 Å². The molecule has 0 aromatic heterocycles. The molecule has 0 unspecified atom stereocenters. The Morgan fingerprint density at radius 3 is 2.67 bits per heavy atom. The van der Waals surface area contributed by atoms with Crippen molar-refractivity contribution in [2.75, 3.05) is 45.1 Å². The van der Waals surface area contributed by atoms with Gasteiger partial charge in [-0.25, -0.2) is 13.1 Å². The van der Waals surface area contributed by atoms with Crippen molar-refractivity contribution in [1.29, 1.82) is 0 Å². The Morgan fingerprint density at radius 1 is 1.33 bits per heavy atom. The molecular weight excluding hydrogens is 290 g/mol. The minimum Gasteiger partial charge on any atom is -0.398 e. The molecule has 1 aliphatic rings. The highest BCUT2D eigenvalue weighted by Gasteiger charge is 2.16. The van der Waals surface area contributed by atoms with E-state index in [9.17, 15) is 8.42 Å². The number of morpholine rings is 1. The van der Waals surface area contributed by atoms with Crippen molar-refractivity contribution >= 4 is 15.7 Å². The van der Waals surface area contributed by atoms with Crippen LogP contribution in [0.3, 0.4) is 0 Å². The number of rotatable bonds is 6. The van der Waals surface area contributed by atoms with Gasteiger partial charge in [0.1, 0.15) is 0 Å².